The van der Waals surface area contributed by atoms with Gasteiger partial charge < -0.3 is 35.7 Å². The molecule has 0 radical (unpaired) electrons. The summed E-state index contributed by atoms with van der Waals surface area (Å²) < 4.78 is 10.5. The molecule has 0 aromatic carbocycles. The van der Waals surface area contributed by atoms with Gasteiger partial charge in [0.15, 0.2) is 0 Å². The third-order valence-electron chi connectivity index (χ3n) is 8.53. The lowest BCUT2D eigenvalue weighted by Crippen LogP contribution is -2.62. The fourth-order valence-corrected chi connectivity index (χ4v) is 5.70. The van der Waals surface area contributed by atoms with Crippen molar-refractivity contribution in [3.63, 3.8) is 0 Å². The van der Waals surface area contributed by atoms with Crippen molar-refractivity contribution in [3.05, 3.63) is 24.2 Å². The Hall–Kier alpha value is -3.90. The van der Waals surface area contributed by atoms with Gasteiger partial charge in [0.25, 0.3) is 5.91 Å². The topological polar surface area (TPSA) is 190 Å². The second-order valence-corrected chi connectivity index (χ2v) is 14.0. The van der Waals surface area contributed by atoms with Crippen LogP contribution >= 0.6 is 0 Å². The molecular formula is C32H49N5O8. The Morgan fingerprint density at radius 1 is 1.02 bits per heavy atom. The van der Waals surface area contributed by atoms with E-state index in [4.69, 9.17) is 14.9 Å². The van der Waals surface area contributed by atoms with Gasteiger partial charge in [-0.25, -0.2) is 9.59 Å². The van der Waals surface area contributed by atoms with Crippen molar-refractivity contribution in [2.24, 2.45) is 34.8 Å². The van der Waals surface area contributed by atoms with E-state index in [-0.39, 0.29) is 36.8 Å². The summed E-state index contributed by atoms with van der Waals surface area (Å²) in [7, 11) is 0. The Labute approximate surface area is 264 Å². The molecule has 5 atom stereocenters. The Bertz CT molecular complexity index is 1230. The van der Waals surface area contributed by atoms with Gasteiger partial charge in [-0.3, -0.25) is 19.2 Å². The first-order valence-corrected chi connectivity index (χ1v) is 15.7. The van der Waals surface area contributed by atoms with Crippen LogP contribution in [0.15, 0.2) is 22.8 Å². The lowest BCUT2D eigenvalue weighted by Gasteiger charge is -2.37. The summed E-state index contributed by atoms with van der Waals surface area (Å²) >= 11 is 0. The molecule has 5 N–H and O–H groups in total. The molecular weight excluding hydrogens is 582 g/mol. The smallest absolute Gasteiger partial charge is 0.329 e. The van der Waals surface area contributed by atoms with Crippen molar-refractivity contribution < 1.29 is 37.9 Å². The second kappa shape index (κ2) is 14.9. The molecule has 1 aromatic rings. The molecule has 13 heteroatoms. The van der Waals surface area contributed by atoms with Crippen molar-refractivity contribution in [1.82, 2.24) is 20.9 Å². The zero-order valence-electron chi connectivity index (χ0n) is 27.4. The van der Waals surface area contributed by atoms with Gasteiger partial charge in [-0.15, -0.1) is 0 Å². The Kier molecular flexibility index (Phi) is 11.8. The number of primary amides is 1. The molecule has 45 heavy (non-hydrogen) atoms. The zero-order valence-corrected chi connectivity index (χ0v) is 27.4. The number of carbonyl (C=O) groups excluding carboxylic acids is 6. The van der Waals surface area contributed by atoms with Crippen LogP contribution in [0.4, 0.5) is 4.79 Å². The number of likely N-dealkylation sites (tertiary alicyclic amines) is 1. The van der Waals surface area contributed by atoms with Crippen LogP contribution in [-0.2, 0) is 35.3 Å². The molecule has 5 amide bonds. The molecule has 1 aliphatic carbocycles. The predicted octanol–water partition coefficient (Wildman–Crippen LogP) is 2.27. The molecule has 13 nitrogen and oxygen atoms in total. The lowest BCUT2D eigenvalue weighted by molar-refractivity contribution is -0.149. The highest BCUT2D eigenvalue weighted by atomic mass is 16.5. The molecule has 2 heterocycles. The highest BCUT2D eigenvalue weighted by Crippen LogP contribution is 2.35. The average molecular weight is 632 g/mol. The van der Waals surface area contributed by atoms with E-state index in [1.807, 2.05) is 13.8 Å². The number of nitrogens with two attached hydrogens (primary N) is 1. The molecule has 1 aliphatic heterocycles. The molecule has 2 fully saturated rings. The fourth-order valence-electron chi connectivity index (χ4n) is 5.70. The Morgan fingerprint density at radius 2 is 1.69 bits per heavy atom. The summed E-state index contributed by atoms with van der Waals surface area (Å²) in [5.41, 5.74) is 4.49. The van der Waals surface area contributed by atoms with Crippen LogP contribution in [0, 0.1) is 29.1 Å². The fraction of sp³-hybridized carbons (Fsp3) is 0.688. The Morgan fingerprint density at radius 3 is 2.20 bits per heavy atom. The van der Waals surface area contributed by atoms with Gasteiger partial charge in [-0.05, 0) is 54.1 Å². The molecule has 2 unspecified atom stereocenters. The van der Waals surface area contributed by atoms with E-state index in [2.05, 4.69) is 16.0 Å². The minimum absolute atomic E-state index is 0.0237. The monoisotopic (exact) mass is 631 g/mol. The number of furan rings is 1. The number of ether oxygens (including phenoxy) is 1. The van der Waals surface area contributed by atoms with E-state index in [9.17, 15) is 28.8 Å². The quantitative estimate of drug-likeness (QED) is 0.178. The summed E-state index contributed by atoms with van der Waals surface area (Å²) in [5, 5.41) is 8.11. The number of nitrogens with zero attached hydrogens (tertiary/aromatic N) is 1. The van der Waals surface area contributed by atoms with Crippen molar-refractivity contribution in [2.45, 2.75) is 105 Å². The van der Waals surface area contributed by atoms with Crippen molar-refractivity contribution in [2.75, 3.05) is 6.54 Å². The number of hydrogen-bond acceptors (Lipinski definition) is 8. The summed E-state index contributed by atoms with van der Waals surface area (Å²) in [6, 6.07) is -1.46. The molecule has 0 spiro atoms. The zero-order chi connectivity index (χ0) is 33.6. The van der Waals surface area contributed by atoms with Gasteiger partial charge in [0.05, 0.1) is 12.3 Å². The maximum Gasteiger partial charge on any atom is 0.329 e. The van der Waals surface area contributed by atoms with Gasteiger partial charge in [0, 0.05) is 6.54 Å². The number of nitrogens with one attached hydrogen (secondary N) is 3. The maximum absolute atomic E-state index is 14.2. The highest BCUT2D eigenvalue weighted by Gasteiger charge is 2.48. The maximum atomic E-state index is 14.2. The number of hydrogen-bond donors (Lipinski definition) is 4. The molecule has 1 aromatic heterocycles. The van der Waals surface area contributed by atoms with E-state index in [0.717, 1.165) is 12.8 Å². The van der Waals surface area contributed by atoms with E-state index >= 15 is 0 Å². The van der Waals surface area contributed by atoms with Crippen LogP contribution in [0.1, 0.15) is 79.9 Å². The number of Topliss-reactive ketones (excluding diaryl/α,β-unsaturated/α-hetero) is 1. The molecule has 3 rings (SSSR count). The third kappa shape index (κ3) is 9.54. The number of urea groups is 1. The van der Waals surface area contributed by atoms with Gasteiger partial charge in [-0.1, -0.05) is 61.3 Å². The van der Waals surface area contributed by atoms with Gasteiger partial charge in [-0.2, -0.15) is 0 Å². The molecule has 1 saturated carbocycles. The van der Waals surface area contributed by atoms with Gasteiger partial charge in [0.1, 0.15) is 30.5 Å². The number of carbonyl (C=O) groups is 6. The van der Waals surface area contributed by atoms with Crippen LogP contribution in [0.25, 0.3) is 0 Å². The number of esters is 1. The van der Waals surface area contributed by atoms with Crippen molar-refractivity contribution >= 4 is 35.5 Å². The SMILES string of the molecule is CC(C)C1CCN(C(=O)[C@@H](NC(=O)N[C@H](C(=O)OCc2ccco2)C(C)C)C(C)(C)C)[C@@H]1C(=O)NC(CC1CC1)C(=O)C(N)=O. The molecule has 0 bridgehead atoms. The van der Waals surface area contributed by atoms with E-state index in [0.29, 0.717) is 18.6 Å². The summed E-state index contributed by atoms with van der Waals surface area (Å²) in [5.74, 6) is -3.47. The summed E-state index contributed by atoms with van der Waals surface area (Å²) in [6.45, 7) is 13.0. The molecule has 250 valence electrons. The lowest BCUT2D eigenvalue weighted by atomic mass is 9.84. The first kappa shape index (κ1) is 35.6. The summed E-state index contributed by atoms with van der Waals surface area (Å²) in [6.07, 6.45) is 4.12. The predicted molar refractivity (Wildman–Crippen MR) is 164 cm³/mol. The molecule has 1 saturated heterocycles. The van der Waals surface area contributed by atoms with E-state index in [1.165, 1.54) is 11.2 Å². The van der Waals surface area contributed by atoms with E-state index < -0.39 is 65.1 Å². The van der Waals surface area contributed by atoms with Crippen molar-refractivity contribution in [1.29, 1.82) is 0 Å². The third-order valence-corrected chi connectivity index (χ3v) is 8.53. The largest absolute Gasteiger partial charge is 0.466 e. The van der Waals surface area contributed by atoms with E-state index in [1.54, 1.807) is 46.8 Å². The Balaban J connectivity index is 1.77. The van der Waals surface area contributed by atoms with Crippen LogP contribution in [0.3, 0.4) is 0 Å². The minimum Gasteiger partial charge on any atom is -0.466 e. The highest BCUT2D eigenvalue weighted by molar-refractivity contribution is 6.37. The van der Waals surface area contributed by atoms with Gasteiger partial charge in [0.2, 0.25) is 17.6 Å². The van der Waals surface area contributed by atoms with Crippen LogP contribution in [-0.4, -0.2) is 71.1 Å². The number of ketones is 1. The van der Waals surface area contributed by atoms with Gasteiger partial charge >= 0.3 is 12.0 Å². The van der Waals surface area contributed by atoms with Crippen LogP contribution in [0.5, 0.6) is 0 Å². The minimum atomic E-state index is -1.12. The first-order chi connectivity index (χ1) is 21.0. The van der Waals surface area contributed by atoms with Crippen molar-refractivity contribution in [3.8, 4) is 0 Å². The number of rotatable bonds is 14. The number of amides is 5. The standard InChI is InChI=1S/C32H49N5O8/c1-17(2)21-12-13-37(24(21)28(40)34-22(15-19-10-11-19)25(38)27(33)39)29(41)26(32(5,6)7)36-31(43)35-23(18(3)4)30(42)45-16-20-9-8-14-44-20/h8-9,14,17-19,21-24,26H,10-13,15-16H2,1-7H3,(H2,33,39)(H,34,40)(H2,35,36,43)/t21?,22?,23-,24-,26+/m0/s1. The van der Waals surface area contributed by atoms with Crippen LogP contribution in [0.2, 0.25) is 0 Å². The normalized spacial score (nSPS) is 20.3. The molecule has 2 aliphatic rings. The summed E-state index contributed by atoms with van der Waals surface area (Å²) in [4.78, 5) is 79.8. The van der Waals surface area contributed by atoms with Crippen LogP contribution < -0.4 is 21.7 Å². The second-order valence-electron chi connectivity index (χ2n) is 14.0. The first-order valence-electron chi connectivity index (χ1n) is 15.7. The average Bonchev–Trinajstić information content (AvgIpc) is 3.41.